The van der Waals surface area contributed by atoms with Crippen LogP contribution in [0.3, 0.4) is 0 Å². The lowest BCUT2D eigenvalue weighted by atomic mass is 10.1. The third-order valence-electron chi connectivity index (χ3n) is 1.98. The molecular weight excluding hydrogens is 202 g/mol. The normalized spacial score (nSPS) is 14.5. The molecule has 15 heavy (non-hydrogen) atoms. The van der Waals surface area contributed by atoms with E-state index in [1.54, 1.807) is 6.92 Å². The van der Waals surface area contributed by atoms with Crippen LogP contribution in [-0.4, -0.2) is 23.3 Å². The van der Waals surface area contributed by atoms with Crippen molar-refractivity contribution >= 4 is 5.97 Å². The van der Waals surface area contributed by atoms with Gasteiger partial charge in [-0.25, -0.2) is 0 Å². The van der Waals surface area contributed by atoms with E-state index in [-0.39, 0.29) is 18.4 Å². The van der Waals surface area contributed by atoms with Crippen molar-refractivity contribution in [1.29, 1.82) is 0 Å². The predicted octanol–water partition coefficient (Wildman–Crippen LogP) is 1.56. The molecule has 0 bridgehead atoms. The molecule has 0 fully saturated rings. The highest BCUT2D eigenvalue weighted by atomic mass is 17.0. The average molecular weight is 219 g/mol. The molecule has 0 aliphatic heterocycles. The Labute approximate surface area is 88.7 Å². The highest BCUT2D eigenvalue weighted by Gasteiger charge is 2.17. The van der Waals surface area contributed by atoms with Crippen molar-refractivity contribution in [2.45, 2.75) is 46.3 Å². The Bertz CT molecular complexity index is 229. The molecular formula is C9H17NO5. The number of hydrogen-bond donors (Lipinski definition) is 0. The molecule has 0 N–H and O–H groups in total. The van der Waals surface area contributed by atoms with Crippen LogP contribution < -0.4 is 0 Å². The summed E-state index contributed by atoms with van der Waals surface area (Å²) in [5, 5.41) is 9.04. The van der Waals surface area contributed by atoms with Gasteiger partial charge in [-0.2, -0.15) is 0 Å². The van der Waals surface area contributed by atoms with E-state index in [1.165, 1.54) is 6.92 Å². The van der Waals surface area contributed by atoms with E-state index in [2.05, 4.69) is 4.84 Å². The Morgan fingerprint density at radius 2 is 1.87 bits per heavy atom. The second kappa shape index (κ2) is 6.21. The molecule has 0 saturated carbocycles. The van der Waals surface area contributed by atoms with Crippen molar-refractivity contribution in [3.05, 3.63) is 10.1 Å². The van der Waals surface area contributed by atoms with E-state index in [1.807, 2.05) is 13.8 Å². The summed E-state index contributed by atoms with van der Waals surface area (Å²) < 4.78 is 5.02. The van der Waals surface area contributed by atoms with Crippen molar-refractivity contribution in [2.24, 2.45) is 5.92 Å². The van der Waals surface area contributed by atoms with Gasteiger partial charge in [0, 0.05) is 0 Å². The average Bonchev–Trinajstić information content (AvgIpc) is 2.00. The Hall–Kier alpha value is -1.33. The Kier molecular flexibility index (Phi) is 5.66. The van der Waals surface area contributed by atoms with Gasteiger partial charge < -0.3 is 9.57 Å². The maximum Gasteiger partial charge on any atom is 0.308 e. The molecule has 0 aromatic heterocycles. The number of carbonyl (C=O) groups excluding carboxylic acids is 1. The van der Waals surface area contributed by atoms with Crippen molar-refractivity contribution in [3.8, 4) is 0 Å². The van der Waals surface area contributed by atoms with Crippen LogP contribution in [0.5, 0.6) is 0 Å². The van der Waals surface area contributed by atoms with Gasteiger partial charge in [-0.1, -0.05) is 13.8 Å². The van der Waals surface area contributed by atoms with Crippen LogP contribution in [0.1, 0.15) is 34.1 Å². The molecule has 0 aliphatic carbocycles. The van der Waals surface area contributed by atoms with E-state index in [9.17, 15) is 14.9 Å². The van der Waals surface area contributed by atoms with E-state index in [4.69, 9.17) is 4.74 Å². The summed E-state index contributed by atoms with van der Waals surface area (Å²) >= 11 is 0. The van der Waals surface area contributed by atoms with Gasteiger partial charge in [-0.3, -0.25) is 4.79 Å². The molecule has 0 spiro atoms. The third kappa shape index (κ3) is 6.70. The van der Waals surface area contributed by atoms with Gasteiger partial charge in [0.2, 0.25) is 0 Å². The highest BCUT2D eigenvalue weighted by Crippen LogP contribution is 2.08. The molecule has 0 saturated heterocycles. The van der Waals surface area contributed by atoms with Crippen LogP contribution in [0.2, 0.25) is 0 Å². The summed E-state index contributed by atoms with van der Waals surface area (Å²) in [5.41, 5.74) is 0. The van der Waals surface area contributed by atoms with Crippen LogP contribution >= 0.6 is 0 Å². The number of ether oxygens (including phenoxy) is 1. The molecule has 0 amide bonds. The van der Waals surface area contributed by atoms with Gasteiger partial charge in [0.15, 0.2) is 0 Å². The highest BCUT2D eigenvalue weighted by molar-refractivity contribution is 5.70. The maximum atomic E-state index is 11.2. The smallest absolute Gasteiger partial charge is 0.308 e. The minimum Gasteiger partial charge on any atom is -0.462 e. The number of rotatable bonds is 6. The first-order chi connectivity index (χ1) is 6.82. The summed E-state index contributed by atoms with van der Waals surface area (Å²) in [5.74, 6) is -0.258. The van der Waals surface area contributed by atoms with Gasteiger partial charge in [0.05, 0.1) is 6.42 Å². The number of esters is 1. The van der Waals surface area contributed by atoms with Crippen molar-refractivity contribution < 1.29 is 19.5 Å². The lowest BCUT2D eigenvalue weighted by molar-refractivity contribution is -0.767. The zero-order chi connectivity index (χ0) is 12.0. The Balaban J connectivity index is 3.88. The lowest BCUT2D eigenvalue weighted by Gasteiger charge is -2.17. The van der Waals surface area contributed by atoms with Gasteiger partial charge in [0.25, 0.3) is 5.09 Å². The van der Waals surface area contributed by atoms with Gasteiger partial charge in [-0.05, 0) is 19.8 Å². The van der Waals surface area contributed by atoms with Crippen molar-refractivity contribution in [1.82, 2.24) is 0 Å². The third-order valence-corrected chi connectivity index (χ3v) is 1.98. The summed E-state index contributed by atoms with van der Waals surface area (Å²) in [4.78, 5) is 25.4. The first-order valence-electron chi connectivity index (χ1n) is 4.83. The Morgan fingerprint density at radius 3 is 2.27 bits per heavy atom. The summed E-state index contributed by atoms with van der Waals surface area (Å²) in [7, 11) is 0. The van der Waals surface area contributed by atoms with E-state index >= 15 is 0 Å². The molecule has 0 rings (SSSR count). The molecule has 6 heteroatoms. The maximum absolute atomic E-state index is 11.2. The second-order valence-corrected chi connectivity index (χ2v) is 3.78. The van der Waals surface area contributed by atoms with E-state index < -0.39 is 17.2 Å². The fourth-order valence-electron chi connectivity index (χ4n) is 0.810. The van der Waals surface area contributed by atoms with Crippen LogP contribution in [0, 0.1) is 16.0 Å². The Morgan fingerprint density at radius 1 is 1.33 bits per heavy atom. The zero-order valence-corrected chi connectivity index (χ0v) is 9.43. The first kappa shape index (κ1) is 13.7. The van der Waals surface area contributed by atoms with Gasteiger partial charge in [-0.15, -0.1) is 10.1 Å². The van der Waals surface area contributed by atoms with E-state index in [0.29, 0.717) is 0 Å². The van der Waals surface area contributed by atoms with Gasteiger partial charge >= 0.3 is 5.97 Å². The van der Waals surface area contributed by atoms with Crippen LogP contribution in [0.25, 0.3) is 0 Å². The number of carbonyl (C=O) groups is 1. The van der Waals surface area contributed by atoms with Crippen molar-refractivity contribution in [2.75, 3.05) is 0 Å². The molecule has 2 atom stereocenters. The molecule has 0 radical (unpaired) electrons. The largest absolute Gasteiger partial charge is 0.462 e. The predicted molar refractivity (Wildman–Crippen MR) is 52.6 cm³/mol. The van der Waals surface area contributed by atoms with Gasteiger partial charge in [0.1, 0.15) is 12.2 Å². The molecule has 88 valence electrons. The fourth-order valence-corrected chi connectivity index (χ4v) is 0.810. The second-order valence-electron chi connectivity index (χ2n) is 3.78. The fraction of sp³-hybridized carbons (Fsp3) is 0.889. The summed E-state index contributed by atoms with van der Waals surface area (Å²) in [6, 6.07) is 0. The SMILES string of the molecule is CC(CC(=O)OC(C)C(C)C)O[N+](=O)[O-]. The first-order valence-corrected chi connectivity index (χ1v) is 4.83. The molecule has 6 nitrogen and oxygen atoms in total. The molecule has 2 unspecified atom stereocenters. The quantitative estimate of drug-likeness (QED) is 0.385. The van der Waals surface area contributed by atoms with Crippen LogP contribution in [0.4, 0.5) is 0 Å². The zero-order valence-electron chi connectivity index (χ0n) is 9.43. The molecule has 0 aromatic rings. The van der Waals surface area contributed by atoms with E-state index in [0.717, 1.165) is 0 Å². The van der Waals surface area contributed by atoms with Crippen molar-refractivity contribution in [3.63, 3.8) is 0 Å². The summed E-state index contributed by atoms with van der Waals surface area (Å²) in [6.45, 7) is 7.08. The topological polar surface area (TPSA) is 78.7 Å². The number of nitrogens with zero attached hydrogens (tertiary/aromatic N) is 1. The molecule has 0 aliphatic rings. The minimum atomic E-state index is -0.913. The lowest BCUT2D eigenvalue weighted by Crippen LogP contribution is -2.24. The standard InChI is InChI=1S/C9H17NO5/c1-6(2)8(4)14-9(11)5-7(3)15-10(12)13/h6-8H,5H2,1-4H3. The van der Waals surface area contributed by atoms with Crippen LogP contribution in [-0.2, 0) is 14.4 Å². The monoisotopic (exact) mass is 219 g/mol. The van der Waals surface area contributed by atoms with Crippen LogP contribution in [0.15, 0.2) is 0 Å². The summed E-state index contributed by atoms with van der Waals surface area (Å²) in [6.07, 6.45) is -1.08. The number of hydrogen-bond acceptors (Lipinski definition) is 5. The molecule has 0 aromatic carbocycles. The minimum absolute atomic E-state index is 0.113. The molecule has 0 heterocycles.